The second-order valence-corrected chi connectivity index (χ2v) is 13.8. The molecule has 1 aromatic carbocycles. The van der Waals surface area contributed by atoms with Gasteiger partial charge in [-0.1, -0.05) is 18.2 Å². The summed E-state index contributed by atoms with van der Waals surface area (Å²) in [5.74, 6) is -2.51. The Bertz CT molecular complexity index is 1910. The summed E-state index contributed by atoms with van der Waals surface area (Å²) in [6.07, 6.45) is 0.624. The second-order valence-electron chi connectivity index (χ2n) is 11.9. The Morgan fingerprint density at radius 3 is 2.62 bits per heavy atom. The third kappa shape index (κ3) is 5.65. The molecule has 1 saturated heterocycles. The third-order valence-corrected chi connectivity index (χ3v) is 10.7. The maximum Gasteiger partial charge on any atom is 0.452 e. The van der Waals surface area contributed by atoms with Crippen LogP contribution in [0.25, 0.3) is 5.65 Å². The number of alkyl halides is 3. The van der Waals surface area contributed by atoms with Crippen molar-refractivity contribution >= 4 is 27.5 Å². The first kappa shape index (κ1) is 31.0. The number of carboxylic acid groups (broad SMARTS) is 1. The largest absolute Gasteiger partial charge is 0.481 e. The van der Waals surface area contributed by atoms with Gasteiger partial charge in [0.2, 0.25) is 15.8 Å². The summed E-state index contributed by atoms with van der Waals surface area (Å²) < 4.78 is 71.1. The van der Waals surface area contributed by atoms with Gasteiger partial charge >= 0.3 is 12.1 Å². The van der Waals surface area contributed by atoms with Gasteiger partial charge in [-0.05, 0) is 85.5 Å². The molecule has 10 nitrogen and oxygen atoms in total. The number of rotatable bonds is 6. The van der Waals surface area contributed by atoms with Crippen LogP contribution in [-0.4, -0.2) is 62.5 Å². The van der Waals surface area contributed by atoms with Crippen molar-refractivity contribution in [1.82, 2.24) is 23.9 Å². The number of aryl methyl sites for hydroxylation is 3. The van der Waals surface area contributed by atoms with E-state index in [1.165, 1.54) is 16.6 Å². The van der Waals surface area contributed by atoms with Gasteiger partial charge in [-0.15, -0.1) is 10.2 Å². The Labute approximate surface area is 258 Å². The van der Waals surface area contributed by atoms with Crippen molar-refractivity contribution in [1.29, 1.82) is 0 Å². The van der Waals surface area contributed by atoms with Crippen LogP contribution in [0.15, 0.2) is 47.6 Å². The zero-order chi connectivity index (χ0) is 32.3. The van der Waals surface area contributed by atoms with Crippen LogP contribution < -0.4 is 4.90 Å². The highest BCUT2D eigenvalue weighted by molar-refractivity contribution is 7.89. The molecule has 0 bridgehead atoms. The Morgan fingerprint density at radius 1 is 1.11 bits per heavy atom. The number of aromatic nitrogens is 4. The molecule has 1 unspecified atom stereocenters. The van der Waals surface area contributed by atoms with E-state index < -0.39 is 33.9 Å². The SMILES string of the molecule is Cc1cnc2c(c1)S(=O)(=O)N(Cc1cc(C(CC(=O)O)c3ccn4c(C(F)(F)F)nnc4c3C)ccc1C)C[C@@H]1CCCCN21. The maximum atomic E-state index is 14.1. The number of aliphatic carboxylic acids is 1. The van der Waals surface area contributed by atoms with Crippen molar-refractivity contribution in [3.8, 4) is 0 Å². The van der Waals surface area contributed by atoms with Crippen molar-refractivity contribution in [3.05, 3.63) is 81.9 Å². The van der Waals surface area contributed by atoms with Gasteiger partial charge in [0.1, 0.15) is 10.7 Å². The first-order valence-electron chi connectivity index (χ1n) is 14.7. The quantitative estimate of drug-likeness (QED) is 0.303. The lowest BCUT2D eigenvalue weighted by Gasteiger charge is -2.36. The smallest absolute Gasteiger partial charge is 0.452 e. The van der Waals surface area contributed by atoms with Gasteiger partial charge in [-0.3, -0.25) is 9.20 Å². The Morgan fingerprint density at radius 2 is 1.89 bits per heavy atom. The fourth-order valence-corrected chi connectivity index (χ4v) is 8.24. The van der Waals surface area contributed by atoms with E-state index in [-0.39, 0.29) is 36.1 Å². The van der Waals surface area contributed by atoms with Crippen LogP contribution in [0.2, 0.25) is 0 Å². The zero-order valence-electron chi connectivity index (χ0n) is 25.0. The van der Waals surface area contributed by atoms with Crippen LogP contribution in [0.3, 0.4) is 0 Å². The summed E-state index contributed by atoms with van der Waals surface area (Å²) in [5.41, 5.74) is 3.73. The molecule has 2 atom stereocenters. The average molecular weight is 643 g/mol. The van der Waals surface area contributed by atoms with Gasteiger partial charge in [-0.2, -0.15) is 17.5 Å². The van der Waals surface area contributed by atoms with Gasteiger partial charge in [0, 0.05) is 44.0 Å². The number of halogens is 3. The van der Waals surface area contributed by atoms with Crippen molar-refractivity contribution in [3.63, 3.8) is 0 Å². The molecule has 5 heterocycles. The van der Waals surface area contributed by atoms with E-state index in [4.69, 9.17) is 0 Å². The second kappa shape index (κ2) is 11.4. The maximum absolute atomic E-state index is 14.1. The molecule has 0 spiro atoms. The number of piperidine rings is 1. The first-order valence-corrected chi connectivity index (χ1v) is 16.2. The fourth-order valence-electron chi connectivity index (χ4n) is 6.55. The molecule has 0 amide bonds. The Kier molecular flexibility index (Phi) is 7.84. The van der Waals surface area contributed by atoms with E-state index in [1.807, 2.05) is 26.0 Å². The molecule has 14 heteroatoms. The predicted octanol–water partition coefficient (Wildman–Crippen LogP) is 5.24. The molecule has 0 radical (unpaired) electrons. The minimum atomic E-state index is -4.71. The van der Waals surface area contributed by atoms with Crippen LogP contribution in [0.5, 0.6) is 0 Å². The predicted molar refractivity (Wildman–Crippen MR) is 160 cm³/mol. The highest BCUT2D eigenvalue weighted by atomic mass is 32.2. The molecule has 4 aromatic rings. The monoisotopic (exact) mass is 642 g/mol. The number of nitrogens with zero attached hydrogens (tertiary/aromatic N) is 6. The van der Waals surface area contributed by atoms with E-state index >= 15 is 0 Å². The fraction of sp³-hybridized carbons (Fsp3) is 0.419. The lowest BCUT2D eigenvalue weighted by atomic mass is 9.85. The van der Waals surface area contributed by atoms with Crippen molar-refractivity contribution in [2.45, 2.75) is 76.0 Å². The summed E-state index contributed by atoms with van der Waals surface area (Å²) in [4.78, 5) is 18.9. The first-order chi connectivity index (χ1) is 21.3. The molecule has 0 aliphatic carbocycles. The van der Waals surface area contributed by atoms with Crippen LogP contribution in [-0.2, 0) is 27.5 Å². The molecule has 3 aromatic heterocycles. The number of carbonyl (C=O) groups is 1. The lowest BCUT2D eigenvalue weighted by Crippen LogP contribution is -2.45. The Balaban J connectivity index is 1.41. The summed E-state index contributed by atoms with van der Waals surface area (Å²) in [7, 11) is -3.93. The van der Waals surface area contributed by atoms with Crippen LogP contribution >= 0.6 is 0 Å². The molecule has 238 valence electrons. The summed E-state index contributed by atoms with van der Waals surface area (Å²) >= 11 is 0. The van der Waals surface area contributed by atoms with E-state index in [0.717, 1.165) is 41.3 Å². The molecule has 1 N–H and O–H groups in total. The van der Waals surface area contributed by atoms with Crippen molar-refractivity contribution < 1.29 is 31.5 Å². The van der Waals surface area contributed by atoms with E-state index in [1.54, 1.807) is 25.3 Å². The van der Waals surface area contributed by atoms with Crippen molar-refractivity contribution in [2.75, 3.05) is 18.0 Å². The normalized spacial score (nSPS) is 19.2. The number of hydrogen-bond acceptors (Lipinski definition) is 7. The van der Waals surface area contributed by atoms with Gasteiger partial charge < -0.3 is 10.0 Å². The number of hydrogen-bond donors (Lipinski definition) is 1. The Hall–Kier alpha value is -4.04. The molecular weight excluding hydrogens is 609 g/mol. The van der Waals surface area contributed by atoms with Crippen LogP contribution in [0.1, 0.15) is 70.8 Å². The van der Waals surface area contributed by atoms with E-state index in [9.17, 15) is 31.5 Å². The molecule has 2 aliphatic heterocycles. The van der Waals surface area contributed by atoms with Gasteiger partial charge in [0.15, 0.2) is 5.65 Å². The summed E-state index contributed by atoms with van der Waals surface area (Å²) in [6, 6.07) is 8.52. The number of pyridine rings is 2. The average Bonchev–Trinajstić information content (AvgIpc) is 3.40. The van der Waals surface area contributed by atoms with Crippen molar-refractivity contribution in [2.24, 2.45) is 0 Å². The zero-order valence-corrected chi connectivity index (χ0v) is 25.9. The number of benzene rings is 1. The highest BCUT2D eigenvalue weighted by Gasteiger charge is 2.40. The lowest BCUT2D eigenvalue weighted by molar-refractivity contribution is -0.145. The number of anilines is 1. The van der Waals surface area contributed by atoms with Gasteiger partial charge in [-0.25, -0.2) is 13.4 Å². The number of fused-ring (bicyclic) bond motifs is 4. The molecule has 0 saturated carbocycles. The minimum Gasteiger partial charge on any atom is -0.481 e. The van der Waals surface area contributed by atoms with E-state index in [0.29, 0.717) is 28.1 Å². The number of carboxylic acids is 1. The molecule has 2 aliphatic rings. The van der Waals surface area contributed by atoms with Gasteiger partial charge in [0.25, 0.3) is 0 Å². The number of sulfonamides is 1. The topological polar surface area (TPSA) is 121 Å². The molecule has 1 fully saturated rings. The van der Waals surface area contributed by atoms with E-state index in [2.05, 4.69) is 20.1 Å². The summed E-state index contributed by atoms with van der Waals surface area (Å²) in [5, 5.41) is 16.9. The van der Waals surface area contributed by atoms with Crippen LogP contribution in [0.4, 0.5) is 19.0 Å². The molecular formula is C31H33F3N6O4S. The van der Waals surface area contributed by atoms with Gasteiger partial charge in [0.05, 0.1) is 6.42 Å². The summed E-state index contributed by atoms with van der Waals surface area (Å²) in [6.45, 7) is 6.35. The highest BCUT2D eigenvalue weighted by Crippen LogP contribution is 2.38. The molecule has 45 heavy (non-hydrogen) atoms. The standard InChI is InChI=1S/C31H33F3N6O4S/c1-18-12-26-29(35-15-18)39-10-5-4-6-23(39)17-38(45(26,43)44)16-22-13-21(8-7-19(22)2)25(14-27(41)42)24-9-11-40-28(20(24)3)36-37-30(40)31(32,33)34/h7-9,11-13,15,23,25H,4-6,10,14,16-17H2,1-3H3,(H,41,42)/t23-,25?/m0/s1. The third-order valence-electron chi connectivity index (χ3n) is 8.90. The minimum absolute atomic E-state index is 0.0159. The van der Waals surface area contributed by atoms with Crippen LogP contribution in [0, 0.1) is 20.8 Å². The molecule has 6 rings (SSSR count).